The van der Waals surface area contributed by atoms with Gasteiger partial charge in [0.15, 0.2) is 5.84 Å². The molecular formula is C51H32N4OS. The Hall–Kier alpha value is -7.28. The fourth-order valence-corrected chi connectivity index (χ4v) is 9.62. The van der Waals surface area contributed by atoms with E-state index < -0.39 is 0 Å². The summed E-state index contributed by atoms with van der Waals surface area (Å²) >= 11 is 1.85. The highest BCUT2D eigenvalue weighted by molar-refractivity contribution is 7.25. The van der Waals surface area contributed by atoms with Crippen LogP contribution in [-0.4, -0.2) is 16.2 Å². The first-order valence-electron chi connectivity index (χ1n) is 19.2. The highest BCUT2D eigenvalue weighted by Gasteiger charge is 2.24. The molecule has 8 aromatic carbocycles. The number of benzene rings is 8. The van der Waals surface area contributed by atoms with Crippen molar-refractivity contribution in [2.24, 2.45) is 9.98 Å². The van der Waals surface area contributed by atoms with E-state index in [4.69, 9.17) is 14.4 Å². The van der Waals surface area contributed by atoms with Gasteiger partial charge in [0, 0.05) is 53.0 Å². The zero-order chi connectivity index (χ0) is 37.5. The lowest BCUT2D eigenvalue weighted by Crippen LogP contribution is -2.33. The Morgan fingerprint density at radius 2 is 1.14 bits per heavy atom. The van der Waals surface area contributed by atoms with Crippen LogP contribution in [-0.2, 0) is 0 Å². The van der Waals surface area contributed by atoms with Gasteiger partial charge in [-0.15, -0.1) is 11.3 Å². The fraction of sp³-hybridized carbons (Fsp3) is 0.0196. The third-order valence-corrected chi connectivity index (χ3v) is 12.4. The molecule has 0 saturated carbocycles. The number of amidine groups is 2. The summed E-state index contributed by atoms with van der Waals surface area (Å²) in [6.07, 6.45) is -0.290. The molecule has 1 aliphatic heterocycles. The molecule has 0 fully saturated rings. The van der Waals surface area contributed by atoms with Gasteiger partial charge in [0.05, 0.1) is 16.6 Å². The van der Waals surface area contributed by atoms with Crippen molar-refractivity contribution in [3.05, 3.63) is 199 Å². The molecule has 0 spiro atoms. The number of fused-ring (bicyclic) bond motifs is 9. The van der Waals surface area contributed by atoms with Crippen molar-refractivity contribution < 1.29 is 4.42 Å². The molecule has 268 valence electrons. The normalized spacial score (nSPS) is 14.5. The number of aliphatic imine (C=N–C) groups is 2. The molecule has 57 heavy (non-hydrogen) atoms. The number of hydrogen-bond acceptors (Lipinski definition) is 5. The predicted molar refractivity (Wildman–Crippen MR) is 238 cm³/mol. The number of para-hydroxylation sites is 3. The summed E-state index contributed by atoms with van der Waals surface area (Å²) in [6.45, 7) is 0. The molecule has 0 bridgehead atoms. The molecule has 0 aliphatic carbocycles. The Kier molecular flexibility index (Phi) is 7.09. The van der Waals surface area contributed by atoms with Crippen molar-refractivity contribution in [3.63, 3.8) is 0 Å². The standard InChI is InChI=1S/C51H32N4OS/c1-3-12-31(13-4-1)49-52-50(32-14-5-2-6-15-32)54-51(53-49)39-19-11-18-38-40-28-33(22-25-45(40)56-48(38)39)34-23-26-46-41(29-34)42-30-35(24-27-47(42)57-46)55-43-20-9-7-16-36(43)37-17-8-10-21-44(37)55/h1-30,49H,(H,52,53,54). The minimum Gasteiger partial charge on any atom is -0.455 e. The molecule has 5 nitrogen and oxygen atoms in total. The molecule has 1 aliphatic rings. The number of nitrogens with one attached hydrogen (secondary N) is 1. The van der Waals surface area contributed by atoms with Gasteiger partial charge < -0.3 is 14.3 Å². The summed E-state index contributed by atoms with van der Waals surface area (Å²) in [6, 6.07) is 64.5. The first-order chi connectivity index (χ1) is 28.2. The fourth-order valence-electron chi connectivity index (χ4n) is 8.56. The summed E-state index contributed by atoms with van der Waals surface area (Å²) < 4.78 is 11.6. The van der Waals surface area contributed by atoms with E-state index in [1.54, 1.807) is 0 Å². The van der Waals surface area contributed by atoms with Gasteiger partial charge in [-0.3, -0.25) is 0 Å². The van der Waals surface area contributed by atoms with E-state index >= 15 is 0 Å². The quantitative estimate of drug-likeness (QED) is 0.191. The average Bonchev–Trinajstić information content (AvgIpc) is 3.95. The molecule has 3 aromatic heterocycles. The average molecular weight is 749 g/mol. The number of nitrogens with zero attached hydrogens (tertiary/aromatic N) is 3. The highest BCUT2D eigenvalue weighted by Crippen LogP contribution is 2.41. The lowest BCUT2D eigenvalue weighted by atomic mass is 10.00. The maximum absolute atomic E-state index is 6.66. The minimum absolute atomic E-state index is 0.290. The molecule has 6 heteroatoms. The van der Waals surface area contributed by atoms with Crippen LogP contribution in [0.5, 0.6) is 0 Å². The van der Waals surface area contributed by atoms with Crippen LogP contribution in [0.4, 0.5) is 0 Å². The van der Waals surface area contributed by atoms with Gasteiger partial charge in [-0.25, -0.2) is 9.98 Å². The highest BCUT2D eigenvalue weighted by atomic mass is 32.1. The van der Waals surface area contributed by atoms with Crippen molar-refractivity contribution in [2.45, 2.75) is 6.17 Å². The second-order valence-corrected chi connectivity index (χ2v) is 15.7. The summed E-state index contributed by atoms with van der Waals surface area (Å²) in [4.78, 5) is 10.2. The molecular weight excluding hydrogens is 717 g/mol. The van der Waals surface area contributed by atoms with E-state index in [1.807, 2.05) is 47.7 Å². The van der Waals surface area contributed by atoms with Crippen molar-refractivity contribution in [1.82, 2.24) is 9.88 Å². The van der Waals surface area contributed by atoms with E-state index in [0.29, 0.717) is 5.84 Å². The van der Waals surface area contributed by atoms with Crippen molar-refractivity contribution in [1.29, 1.82) is 0 Å². The summed E-state index contributed by atoms with van der Waals surface area (Å²) in [5.74, 6) is 1.42. The molecule has 1 unspecified atom stereocenters. The lowest BCUT2D eigenvalue weighted by Gasteiger charge is -2.23. The molecule has 12 rings (SSSR count). The molecule has 0 amide bonds. The Bertz CT molecular complexity index is 3390. The SMILES string of the molecule is c1ccc(C2=NC(c3cccc4c3oc3ccc(-c5ccc6sc7ccc(-n8c9ccccc9c9ccccc98)cc7c6c5)cc34)=NC(c3ccccc3)N2)cc1. The van der Waals surface area contributed by atoms with Gasteiger partial charge in [0.25, 0.3) is 0 Å². The summed E-state index contributed by atoms with van der Waals surface area (Å²) in [5.41, 5.74) is 10.5. The van der Waals surface area contributed by atoms with Crippen LogP contribution < -0.4 is 5.32 Å². The molecule has 1 N–H and O–H groups in total. The van der Waals surface area contributed by atoms with Gasteiger partial charge in [-0.2, -0.15) is 0 Å². The van der Waals surface area contributed by atoms with Crippen LogP contribution in [0.25, 0.3) is 80.7 Å². The molecule has 0 saturated heterocycles. The molecule has 0 radical (unpaired) electrons. The number of hydrogen-bond donors (Lipinski definition) is 1. The van der Waals surface area contributed by atoms with E-state index in [2.05, 4.69) is 155 Å². The lowest BCUT2D eigenvalue weighted by molar-refractivity contribution is 0.663. The predicted octanol–water partition coefficient (Wildman–Crippen LogP) is 13.2. The topological polar surface area (TPSA) is 54.8 Å². The van der Waals surface area contributed by atoms with Gasteiger partial charge >= 0.3 is 0 Å². The number of thiophene rings is 1. The smallest absolute Gasteiger partial charge is 0.163 e. The van der Waals surface area contributed by atoms with E-state index in [0.717, 1.165) is 50.0 Å². The van der Waals surface area contributed by atoms with Crippen LogP contribution in [0.15, 0.2) is 196 Å². The van der Waals surface area contributed by atoms with Gasteiger partial charge in [-0.1, -0.05) is 121 Å². The molecule has 1 atom stereocenters. The van der Waals surface area contributed by atoms with Crippen molar-refractivity contribution >= 4 is 86.9 Å². The second-order valence-electron chi connectivity index (χ2n) is 14.6. The number of aromatic nitrogens is 1. The van der Waals surface area contributed by atoms with Gasteiger partial charge in [-0.05, 0) is 77.4 Å². The molecule has 4 heterocycles. The van der Waals surface area contributed by atoms with Crippen molar-refractivity contribution in [3.8, 4) is 16.8 Å². The zero-order valence-corrected chi connectivity index (χ0v) is 31.4. The maximum Gasteiger partial charge on any atom is 0.163 e. The van der Waals surface area contributed by atoms with Crippen LogP contribution in [0.2, 0.25) is 0 Å². The van der Waals surface area contributed by atoms with Crippen LogP contribution in [0.1, 0.15) is 22.9 Å². The Balaban J connectivity index is 0.970. The van der Waals surface area contributed by atoms with E-state index in [9.17, 15) is 0 Å². The first-order valence-corrected chi connectivity index (χ1v) is 20.0. The monoisotopic (exact) mass is 748 g/mol. The van der Waals surface area contributed by atoms with E-state index in [1.165, 1.54) is 53.2 Å². The third kappa shape index (κ3) is 5.15. The summed E-state index contributed by atoms with van der Waals surface area (Å²) in [7, 11) is 0. The third-order valence-electron chi connectivity index (χ3n) is 11.3. The second kappa shape index (κ2) is 12.6. The maximum atomic E-state index is 6.66. The van der Waals surface area contributed by atoms with Crippen molar-refractivity contribution in [2.75, 3.05) is 0 Å². The number of rotatable bonds is 5. The largest absolute Gasteiger partial charge is 0.455 e. The van der Waals surface area contributed by atoms with E-state index in [-0.39, 0.29) is 6.17 Å². The summed E-state index contributed by atoms with van der Waals surface area (Å²) in [5, 5.41) is 10.7. The Labute approximate surface area is 331 Å². The Morgan fingerprint density at radius 3 is 1.91 bits per heavy atom. The number of furan rings is 1. The van der Waals surface area contributed by atoms with Crippen LogP contribution in [0, 0.1) is 0 Å². The minimum atomic E-state index is -0.290. The zero-order valence-electron chi connectivity index (χ0n) is 30.6. The molecule has 11 aromatic rings. The van der Waals surface area contributed by atoms with Crippen LogP contribution in [0.3, 0.4) is 0 Å². The Morgan fingerprint density at radius 1 is 0.509 bits per heavy atom. The van der Waals surface area contributed by atoms with Crippen LogP contribution >= 0.6 is 11.3 Å². The van der Waals surface area contributed by atoms with Gasteiger partial charge in [0.1, 0.15) is 23.2 Å². The van der Waals surface area contributed by atoms with Gasteiger partial charge in [0.2, 0.25) is 0 Å². The first kappa shape index (κ1) is 32.0.